The number of rotatable bonds is 8. The average molecular weight is 394 g/mol. The van der Waals surface area contributed by atoms with Gasteiger partial charge in [-0.25, -0.2) is 22.8 Å². The first kappa shape index (κ1) is 23.0. The van der Waals surface area contributed by atoms with E-state index in [9.17, 15) is 22.8 Å². The number of esters is 2. The Labute approximate surface area is 161 Å². The Bertz CT molecular complexity index is 816. The first-order valence-electron chi connectivity index (χ1n) is 8.23. The summed E-state index contributed by atoms with van der Waals surface area (Å²) in [5.74, 6) is -4.52. The Kier molecular flexibility index (Phi) is 8.44. The lowest BCUT2D eigenvalue weighted by atomic mass is 9.83. The van der Waals surface area contributed by atoms with Crippen LogP contribution in [0.1, 0.15) is 13.8 Å². The van der Waals surface area contributed by atoms with Crippen LogP contribution >= 0.6 is 0 Å². The molecule has 0 aromatic carbocycles. The number of halogens is 3. The van der Waals surface area contributed by atoms with E-state index < -0.39 is 42.3 Å². The molecule has 28 heavy (non-hydrogen) atoms. The number of hydrogen-bond acceptors (Lipinski definition) is 4. The molecule has 1 aliphatic carbocycles. The van der Waals surface area contributed by atoms with Gasteiger partial charge < -0.3 is 9.47 Å². The van der Waals surface area contributed by atoms with Crippen molar-refractivity contribution in [3.63, 3.8) is 0 Å². The molecule has 1 rings (SSSR count). The summed E-state index contributed by atoms with van der Waals surface area (Å²) in [6.45, 7) is 11.9. The largest absolute Gasteiger partial charge is 0.424 e. The van der Waals surface area contributed by atoms with Crippen molar-refractivity contribution in [3.05, 3.63) is 84.2 Å². The van der Waals surface area contributed by atoms with Gasteiger partial charge in [-0.3, -0.25) is 0 Å². The molecule has 2 atom stereocenters. The maximum absolute atomic E-state index is 14.7. The van der Waals surface area contributed by atoms with Crippen LogP contribution in [0.2, 0.25) is 0 Å². The second kappa shape index (κ2) is 10.3. The average Bonchev–Trinajstić information content (AvgIpc) is 2.69. The van der Waals surface area contributed by atoms with Crippen molar-refractivity contribution in [2.24, 2.45) is 5.92 Å². The predicted octanol–water partition coefficient (Wildman–Crippen LogP) is 4.90. The minimum absolute atomic E-state index is 0.123. The van der Waals surface area contributed by atoms with E-state index in [1.54, 1.807) is 19.9 Å². The third-order valence-electron chi connectivity index (χ3n) is 3.89. The molecule has 4 nitrogen and oxygen atoms in total. The highest BCUT2D eigenvalue weighted by Crippen LogP contribution is 2.36. The van der Waals surface area contributed by atoms with Crippen molar-refractivity contribution in [3.8, 4) is 0 Å². The minimum atomic E-state index is -1.62. The number of alkyl halides is 2. The second-order valence-corrected chi connectivity index (χ2v) is 5.85. The molecule has 0 N–H and O–H groups in total. The van der Waals surface area contributed by atoms with Crippen molar-refractivity contribution >= 4 is 11.9 Å². The zero-order chi connectivity index (χ0) is 21.4. The number of carbonyl (C=O) groups excluding carboxylic acids is 2. The highest BCUT2D eigenvalue weighted by atomic mass is 19.2. The Morgan fingerprint density at radius 2 is 1.82 bits per heavy atom. The maximum atomic E-state index is 14.7. The summed E-state index contributed by atoms with van der Waals surface area (Å²) < 4.78 is 50.5. The van der Waals surface area contributed by atoms with Crippen LogP contribution in [-0.2, 0) is 19.1 Å². The zero-order valence-electron chi connectivity index (χ0n) is 15.6. The smallest absolute Gasteiger partial charge is 0.335 e. The molecule has 0 aromatic rings. The quantitative estimate of drug-likeness (QED) is 0.254. The molecule has 0 aromatic heterocycles. The van der Waals surface area contributed by atoms with Gasteiger partial charge in [0.25, 0.3) is 0 Å². The molecule has 7 heteroatoms. The molecule has 1 aliphatic rings. The molecule has 0 amide bonds. The van der Waals surface area contributed by atoms with Gasteiger partial charge in [0, 0.05) is 18.1 Å². The standard InChI is InChI=1S/C21H21F3O4/c1-6-18(25)27-17(16(23)11-22)9-8-12(3)15-10-13(4)21(20(24)14(15)5)28-19(26)7-2/h6-10,14,20H,1-3,11H2,4-5H3/b9-8-,17-16-. The Hall–Kier alpha value is -3.09. The molecule has 0 heterocycles. The lowest BCUT2D eigenvalue weighted by molar-refractivity contribution is -0.135. The molecule has 150 valence electrons. The van der Waals surface area contributed by atoms with Gasteiger partial charge >= 0.3 is 11.9 Å². The topological polar surface area (TPSA) is 52.6 Å². The normalized spacial score (nSPS) is 20.2. The third-order valence-corrected chi connectivity index (χ3v) is 3.89. The van der Waals surface area contributed by atoms with Gasteiger partial charge in [0.15, 0.2) is 17.8 Å². The van der Waals surface area contributed by atoms with Crippen LogP contribution in [0.25, 0.3) is 0 Å². The van der Waals surface area contributed by atoms with Gasteiger partial charge in [-0.15, -0.1) is 0 Å². The van der Waals surface area contributed by atoms with Gasteiger partial charge in [0.05, 0.1) is 0 Å². The fourth-order valence-electron chi connectivity index (χ4n) is 2.38. The predicted molar refractivity (Wildman–Crippen MR) is 99.8 cm³/mol. The van der Waals surface area contributed by atoms with Crippen LogP contribution in [0, 0.1) is 5.92 Å². The first-order chi connectivity index (χ1) is 13.2. The first-order valence-corrected chi connectivity index (χ1v) is 8.23. The van der Waals surface area contributed by atoms with Crippen molar-refractivity contribution in [2.75, 3.05) is 6.67 Å². The zero-order valence-corrected chi connectivity index (χ0v) is 15.6. The fourth-order valence-corrected chi connectivity index (χ4v) is 2.38. The number of hydrogen-bond donors (Lipinski definition) is 0. The van der Waals surface area contributed by atoms with Crippen LogP contribution < -0.4 is 0 Å². The SMILES string of the molecule is C=CC(=O)OC1=C(C)C=C(C(=C)/C=C\C(OC(=O)C=C)=C(\F)CF)C(C)C1F. The molecular formula is C21H21F3O4. The summed E-state index contributed by atoms with van der Waals surface area (Å²) in [6.07, 6.45) is 3.97. The molecule has 0 saturated carbocycles. The van der Waals surface area contributed by atoms with E-state index in [-0.39, 0.29) is 11.3 Å². The maximum Gasteiger partial charge on any atom is 0.335 e. The van der Waals surface area contributed by atoms with E-state index in [1.807, 2.05) is 0 Å². The molecular weight excluding hydrogens is 373 g/mol. The molecule has 2 unspecified atom stereocenters. The van der Waals surface area contributed by atoms with Crippen LogP contribution in [0.5, 0.6) is 0 Å². The summed E-state index contributed by atoms with van der Waals surface area (Å²) in [5.41, 5.74) is 1.10. The van der Waals surface area contributed by atoms with E-state index in [0.29, 0.717) is 11.1 Å². The summed E-state index contributed by atoms with van der Waals surface area (Å²) in [5, 5.41) is 0. The Morgan fingerprint density at radius 1 is 1.21 bits per heavy atom. The summed E-state index contributed by atoms with van der Waals surface area (Å²) >= 11 is 0. The van der Waals surface area contributed by atoms with Crippen molar-refractivity contribution < 1.29 is 32.2 Å². The van der Waals surface area contributed by atoms with Crippen LogP contribution in [-0.4, -0.2) is 24.8 Å². The van der Waals surface area contributed by atoms with Gasteiger partial charge in [0.1, 0.15) is 12.4 Å². The molecule has 0 spiro atoms. The Balaban J connectivity index is 3.16. The highest BCUT2D eigenvalue weighted by Gasteiger charge is 2.32. The van der Waals surface area contributed by atoms with Crippen LogP contribution in [0.15, 0.2) is 84.2 Å². The second-order valence-electron chi connectivity index (χ2n) is 5.85. The highest BCUT2D eigenvalue weighted by molar-refractivity contribution is 5.82. The third kappa shape index (κ3) is 5.70. The molecule has 0 bridgehead atoms. The summed E-state index contributed by atoms with van der Waals surface area (Å²) in [6, 6.07) is 0. The van der Waals surface area contributed by atoms with E-state index in [0.717, 1.165) is 18.2 Å². The van der Waals surface area contributed by atoms with E-state index in [1.165, 1.54) is 6.08 Å². The number of ether oxygens (including phenoxy) is 2. The fraction of sp³-hybridized carbons (Fsp3) is 0.238. The lowest BCUT2D eigenvalue weighted by Gasteiger charge is -2.27. The van der Waals surface area contributed by atoms with Gasteiger partial charge in [-0.1, -0.05) is 38.8 Å². The summed E-state index contributed by atoms with van der Waals surface area (Å²) in [7, 11) is 0. The molecule has 0 fully saturated rings. The lowest BCUT2D eigenvalue weighted by Crippen LogP contribution is -2.25. The minimum Gasteiger partial charge on any atom is -0.424 e. The molecule has 0 radical (unpaired) electrons. The monoisotopic (exact) mass is 394 g/mol. The van der Waals surface area contributed by atoms with E-state index in [2.05, 4.69) is 24.5 Å². The van der Waals surface area contributed by atoms with Crippen molar-refractivity contribution in [1.29, 1.82) is 0 Å². The number of allylic oxidation sites excluding steroid dienone is 8. The van der Waals surface area contributed by atoms with E-state index in [4.69, 9.17) is 4.74 Å². The van der Waals surface area contributed by atoms with Crippen molar-refractivity contribution in [1.82, 2.24) is 0 Å². The van der Waals surface area contributed by atoms with Gasteiger partial charge in [-0.05, 0) is 29.7 Å². The number of carbonyl (C=O) groups is 2. The van der Waals surface area contributed by atoms with Crippen molar-refractivity contribution in [2.45, 2.75) is 20.0 Å². The van der Waals surface area contributed by atoms with Gasteiger partial charge in [0.2, 0.25) is 0 Å². The van der Waals surface area contributed by atoms with Crippen LogP contribution in [0.4, 0.5) is 13.2 Å². The van der Waals surface area contributed by atoms with Crippen LogP contribution in [0.3, 0.4) is 0 Å². The molecule has 0 aliphatic heterocycles. The summed E-state index contributed by atoms with van der Waals surface area (Å²) in [4.78, 5) is 22.6. The Morgan fingerprint density at radius 3 is 2.36 bits per heavy atom. The van der Waals surface area contributed by atoms with E-state index >= 15 is 0 Å². The van der Waals surface area contributed by atoms with Gasteiger partial charge in [-0.2, -0.15) is 0 Å². The molecule has 0 saturated heterocycles.